The van der Waals surface area contributed by atoms with Gasteiger partial charge in [0, 0.05) is 6.54 Å². The van der Waals surface area contributed by atoms with Crippen LogP contribution in [0.1, 0.15) is 39.2 Å². The van der Waals surface area contributed by atoms with E-state index in [0.717, 1.165) is 7.11 Å². The molecule has 0 aliphatic carbocycles. The molecule has 18 nitrogen and oxygen atoms in total. The summed E-state index contributed by atoms with van der Waals surface area (Å²) in [6.45, 7) is 2.41. The van der Waals surface area contributed by atoms with E-state index in [1.54, 1.807) is 30.3 Å². The highest BCUT2D eigenvalue weighted by Gasteiger charge is 2.37. The third-order valence-electron chi connectivity index (χ3n) is 7.34. The summed E-state index contributed by atoms with van der Waals surface area (Å²) in [7, 11) is 1.09. The number of alkyl carbamates (subject to hydrolysis) is 1. The lowest BCUT2D eigenvalue weighted by molar-refractivity contribution is -0.148. The number of aliphatic hydroxyl groups excluding tert-OH is 3. The molecular weight excluding hydrogens is 636 g/mol. The number of esters is 1. The monoisotopic (exact) mass is 680 g/mol. The molecule has 1 heterocycles. The first kappa shape index (κ1) is 39.4. The van der Waals surface area contributed by atoms with Crippen molar-refractivity contribution in [3.05, 3.63) is 35.9 Å². The fraction of sp³-hybridized carbons (Fsp3) is 0.567. The summed E-state index contributed by atoms with van der Waals surface area (Å²) < 4.78 is 9.61. The maximum Gasteiger partial charge on any atom is 0.408 e. The molecule has 18 heteroatoms. The Morgan fingerprint density at radius 3 is 2.10 bits per heavy atom. The van der Waals surface area contributed by atoms with Crippen molar-refractivity contribution in [2.75, 3.05) is 26.8 Å². The Balaban J connectivity index is 1.91. The first-order chi connectivity index (χ1) is 22.7. The zero-order valence-corrected chi connectivity index (χ0v) is 27.1. The Kier molecular flexibility index (Phi) is 15.7. The molecule has 1 aliphatic heterocycles. The average Bonchev–Trinajstić information content (AvgIpc) is 3.56. The number of methoxy groups -OCH3 is 1. The van der Waals surface area contributed by atoms with Crippen molar-refractivity contribution in [3.8, 4) is 0 Å². The van der Waals surface area contributed by atoms with Crippen LogP contribution < -0.4 is 26.6 Å². The number of ether oxygens (including phenoxy) is 2. The van der Waals surface area contributed by atoms with Crippen molar-refractivity contribution in [2.45, 2.75) is 82.6 Å². The number of nitrogens with one attached hydrogen (secondary N) is 5. The number of hydrogen-bond donors (Lipinski definition) is 8. The standard InChI is InChI=1S/C30H44N6O12/c1-16(25(41)34-24(18(3)39)29(45)47-4)32-27(43)21-11-8-12-36(21)22(40)13-31-26(42)20(14-37)33-28(44)23(17(2)38)35-30(46)48-15-19-9-6-5-7-10-19/h5-7,9-10,16-18,20-21,23-24,37-39H,8,11-15H2,1-4H3,(H,31,42)(H,32,43)(H,33,44)(H,34,41)(H,35,46)/t16-,17+,18+,20-,21+,23+,24-/m0/s1. The maximum absolute atomic E-state index is 13.0. The van der Waals surface area contributed by atoms with Crippen LogP contribution in [0, 0.1) is 0 Å². The van der Waals surface area contributed by atoms with Crippen LogP contribution in [0.15, 0.2) is 30.3 Å². The Morgan fingerprint density at radius 1 is 0.875 bits per heavy atom. The van der Waals surface area contributed by atoms with Crippen LogP contribution in [-0.4, -0.2) is 131 Å². The van der Waals surface area contributed by atoms with Gasteiger partial charge in [0.15, 0.2) is 6.04 Å². The van der Waals surface area contributed by atoms with Gasteiger partial charge in [-0.2, -0.15) is 0 Å². The predicted molar refractivity (Wildman–Crippen MR) is 165 cm³/mol. The molecule has 48 heavy (non-hydrogen) atoms. The number of carbonyl (C=O) groups excluding carboxylic acids is 7. The molecule has 0 spiro atoms. The predicted octanol–water partition coefficient (Wildman–Crippen LogP) is -3.21. The molecule has 1 aliphatic rings. The number of benzene rings is 1. The second kappa shape index (κ2) is 19.1. The third-order valence-corrected chi connectivity index (χ3v) is 7.34. The van der Waals surface area contributed by atoms with Gasteiger partial charge < -0.3 is 56.3 Å². The SMILES string of the molecule is COC(=O)[C@@H](NC(=O)[C@H](C)NC(=O)[C@H]1CCCN1C(=O)CNC(=O)[C@H](CO)NC(=O)[C@H](NC(=O)OCc1ccccc1)[C@@H](C)O)[C@@H](C)O. The molecule has 0 saturated carbocycles. The smallest absolute Gasteiger partial charge is 0.408 e. The molecular formula is C30H44N6O12. The van der Waals surface area contributed by atoms with E-state index >= 15 is 0 Å². The van der Waals surface area contributed by atoms with Crippen LogP contribution in [0.25, 0.3) is 0 Å². The molecule has 7 atom stereocenters. The molecule has 6 amide bonds. The van der Waals surface area contributed by atoms with Crippen LogP contribution in [0.3, 0.4) is 0 Å². The number of hydrogen-bond acceptors (Lipinski definition) is 12. The zero-order valence-electron chi connectivity index (χ0n) is 27.1. The van der Waals surface area contributed by atoms with E-state index in [9.17, 15) is 48.9 Å². The third kappa shape index (κ3) is 11.8. The largest absolute Gasteiger partial charge is 0.467 e. The summed E-state index contributed by atoms with van der Waals surface area (Å²) in [4.78, 5) is 89.2. The van der Waals surface area contributed by atoms with E-state index in [1.807, 2.05) is 0 Å². The zero-order chi connectivity index (χ0) is 36.0. The van der Waals surface area contributed by atoms with Gasteiger partial charge in [-0.1, -0.05) is 30.3 Å². The second-order valence-electron chi connectivity index (χ2n) is 11.1. The topological polar surface area (TPSA) is 262 Å². The molecule has 1 saturated heterocycles. The molecule has 1 aromatic rings. The lowest BCUT2D eigenvalue weighted by atomic mass is 10.1. The van der Waals surface area contributed by atoms with Gasteiger partial charge in [0.25, 0.3) is 0 Å². The first-order valence-corrected chi connectivity index (χ1v) is 15.2. The van der Waals surface area contributed by atoms with Gasteiger partial charge in [-0.3, -0.25) is 24.0 Å². The van der Waals surface area contributed by atoms with E-state index in [-0.39, 0.29) is 19.6 Å². The summed E-state index contributed by atoms with van der Waals surface area (Å²) >= 11 is 0. The molecule has 0 radical (unpaired) electrons. The molecule has 8 N–H and O–H groups in total. The van der Waals surface area contributed by atoms with Gasteiger partial charge in [-0.05, 0) is 39.2 Å². The van der Waals surface area contributed by atoms with Gasteiger partial charge in [-0.15, -0.1) is 0 Å². The summed E-state index contributed by atoms with van der Waals surface area (Å²) in [5.41, 5.74) is 0.680. The Bertz CT molecular complexity index is 1290. The van der Waals surface area contributed by atoms with Gasteiger partial charge in [-0.25, -0.2) is 9.59 Å². The van der Waals surface area contributed by atoms with Gasteiger partial charge in [0.1, 0.15) is 30.8 Å². The van der Waals surface area contributed by atoms with Gasteiger partial charge >= 0.3 is 12.1 Å². The minimum Gasteiger partial charge on any atom is -0.467 e. The average molecular weight is 681 g/mol. The van der Waals surface area contributed by atoms with Gasteiger partial charge in [0.05, 0.1) is 32.5 Å². The molecule has 1 fully saturated rings. The van der Waals surface area contributed by atoms with Crippen molar-refractivity contribution in [1.82, 2.24) is 31.5 Å². The molecule has 2 rings (SSSR count). The van der Waals surface area contributed by atoms with Crippen LogP contribution >= 0.6 is 0 Å². The minimum atomic E-state index is -1.57. The van der Waals surface area contributed by atoms with Crippen molar-refractivity contribution in [3.63, 3.8) is 0 Å². The van der Waals surface area contributed by atoms with Crippen LogP contribution in [-0.2, 0) is 44.8 Å². The number of rotatable bonds is 16. The molecule has 0 bridgehead atoms. The highest BCUT2D eigenvalue weighted by atomic mass is 16.5. The second-order valence-corrected chi connectivity index (χ2v) is 11.1. The van der Waals surface area contributed by atoms with Crippen molar-refractivity contribution < 1.29 is 58.4 Å². The van der Waals surface area contributed by atoms with E-state index in [0.29, 0.717) is 12.0 Å². The van der Waals surface area contributed by atoms with Crippen LogP contribution in [0.4, 0.5) is 4.79 Å². The fourth-order valence-corrected chi connectivity index (χ4v) is 4.63. The summed E-state index contributed by atoms with van der Waals surface area (Å²) in [5.74, 6) is -4.96. The Hall–Kier alpha value is -4.81. The number of carbonyl (C=O) groups is 7. The summed E-state index contributed by atoms with van der Waals surface area (Å²) in [6, 6.07) is 2.08. The highest BCUT2D eigenvalue weighted by Crippen LogP contribution is 2.17. The molecule has 0 aromatic heterocycles. The van der Waals surface area contributed by atoms with Crippen LogP contribution in [0.5, 0.6) is 0 Å². The van der Waals surface area contributed by atoms with Crippen LogP contribution in [0.2, 0.25) is 0 Å². The summed E-state index contributed by atoms with van der Waals surface area (Å²) in [6.07, 6.45) is -3.00. The number of aliphatic hydroxyl groups is 3. The van der Waals surface area contributed by atoms with E-state index in [1.165, 1.54) is 25.7 Å². The minimum absolute atomic E-state index is 0.105. The van der Waals surface area contributed by atoms with Crippen molar-refractivity contribution >= 4 is 41.6 Å². The molecule has 1 aromatic carbocycles. The summed E-state index contributed by atoms with van der Waals surface area (Å²) in [5, 5.41) is 41.0. The van der Waals surface area contributed by atoms with Gasteiger partial charge in [0.2, 0.25) is 29.5 Å². The lowest BCUT2D eigenvalue weighted by Gasteiger charge is -2.27. The number of amides is 6. The fourth-order valence-electron chi connectivity index (χ4n) is 4.63. The Labute approximate surface area is 276 Å². The number of likely N-dealkylation sites (tertiary alicyclic amines) is 1. The van der Waals surface area contributed by atoms with Crippen molar-refractivity contribution in [2.24, 2.45) is 0 Å². The normalized spacial score (nSPS) is 17.7. The molecule has 266 valence electrons. The number of nitrogens with zero attached hydrogens (tertiary/aromatic N) is 1. The van der Waals surface area contributed by atoms with E-state index in [4.69, 9.17) is 4.74 Å². The lowest BCUT2D eigenvalue weighted by Crippen LogP contribution is -2.59. The Morgan fingerprint density at radius 2 is 1.52 bits per heavy atom. The quantitative estimate of drug-likeness (QED) is 0.0803. The highest BCUT2D eigenvalue weighted by molar-refractivity contribution is 5.96. The maximum atomic E-state index is 13.0. The first-order valence-electron chi connectivity index (χ1n) is 15.2. The molecule has 0 unspecified atom stereocenters. The van der Waals surface area contributed by atoms with Crippen molar-refractivity contribution in [1.29, 1.82) is 0 Å². The van der Waals surface area contributed by atoms with E-state index < -0.39 is 97.2 Å². The van der Waals surface area contributed by atoms with E-state index in [2.05, 4.69) is 31.3 Å².